The Hall–Kier alpha value is -2.20. The molecule has 0 amide bonds. The van der Waals surface area contributed by atoms with Crippen molar-refractivity contribution in [3.05, 3.63) is 54.1 Å². The van der Waals surface area contributed by atoms with E-state index >= 15 is 0 Å². The fourth-order valence-electron chi connectivity index (χ4n) is 3.36. The van der Waals surface area contributed by atoms with Gasteiger partial charge >= 0.3 is 0 Å². The lowest BCUT2D eigenvalue weighted by Crippen LogP contribution is -2.42. The van der Waals surface area contributed by atoms with E-state index in [2.05, 4.69) is 38.2 Å². The largest absolute Gasteiger partial charge is 0.497 e. The van der Waals surface area contributed by atoms with Crippen LogP contribution < -0.4 is 19.5 Å². The molecule has 166 valence electrons. The third kappa shape index (κ3) is 9.53. The lowest BCUT2D eigenvalue weighted by Gasteiger charge is -2.26. The Kier molecular flexibility index (Phi) is 10.6. The van der Waals surface area contributed by atoms with Crippen LogP contribution in [0.4, 0.5) is 0 Å². The number of methoxy groups -OCH3 is 1. The Balaban J connectivity index is 1.60. The Morgan fingerprint density at radius 2 is 1.30 bits per heavy atom. The first-order chi connectivity index (χ1) is 14.5. The molecule has 4 nitrogen and oxygen atoms in total. The van der Waals surface area contributed by atoms with Crippen LogP contribution in [0.25, 0.3) is 0 Å². The first-order valence-electron chi connectivity index (χ1n) is 11.3. The van der Waals surface area contributed by atoms with E-state index in [0.717, 1.165) is 49.7 Å². The average molecular weight is 414 g/mol. The van der Waals surface area contributed by atoms with E-state index in [4.69, 9.17) is 14.2 Å². The van der Waals surface area contributed by atoms with Crippen LogP contribution in [0.15, 0.2) is 48.5 Å². The van der Waals surface area contributed by atoms with Gasteiger partial charge in [0.05, 0.1) is 20.3 Å². The molecule has 1 N–H and O–H groups in total. The highest BCUT2D eigenvalue weighted by Gasteiger charge is 2.17. The zero-order valence-electron chi connectivity index (χ0n) is 19.2. The molecule has 0 aliphatic rings. The summed E-state index contributed by atoms with van der Waals surface area (Å²) in [5.41, 5.74) is 1.34. The molecule has 0 atom stereocenters. The number of ether oxygens (including phenoxy) is 3. The van der Waals surface area contributed by atoms with Gasteiger partial charge in [-0.1, -0.05) is 38.3 Å². The van der Waals surface area contributed by atoms with Crippen molar-refractivity contribution in [2.45, 2.75) is 64.8 Å². The molecule has 0 fully saturated rings. The molecule has 0 spiro atoms. The van der Waals surface area contributed by atoms with Crippen LogP contribution in [-0.4, -0.2) is 32.4 Å². The standard InChI is InChI=1S/C26H39NO3/c1-5-6-7-8-19-29-24-14-16-25(17-15-24)30-20-9-18-27-26(2,3)21-22-10-12-23(28-4)13-11-22/h10-17,27H,5-9,18-21H2,1-4H3. The van der Waals surface area contributed by atoms with Crippen LogP contribution >= 0.6 is 0 Å². The van der Waals surface area contributed by atoms with Gasteiger partial charge in [0.2, 0.25) is 0 Å². The predicted octanol–water partition coefficient (Wildman–Crippen LogP) is 6.03. The van der Waals surface area contributed by atoms with Crippen LogP contribution in [0.5, 0.6) is 17.2 Å². The van der Waals surface area contributed by atoms with Crippen LogP contribution in [-0.2, 0) is 6.42 Å². The predicted molar refractivity (Wildman–Crippen MR) is 125 cm³/mol. The van der Waals surface area contributed by atoms with Crippen molar-refractivity contribution >= 4 is 0 Å². The summed E-state index contributed by atoms with van der Waals surface area (Å²) in [4.78, 5) is 0. The normalized spacial score (nSPS) is 11.3. The summed E-state index contributed by atoms with van der Waals surface area (Å²) in [6, 6.07) is 16.2. The molecule has 2 aromatic carbocycles. The van der Waals surface area contributed by atoms with Crippen molar-refractivity contribution in [1.82, 2.24) is 5.32 Å². The summed E-state index contributed by atoms with van der Waals surface area (Å²) in [5, 5.41) is 3.64. The maximum atomic E-state index is 5.87. The summed E-state index contributed by atoms with van der Waals surface area (Å²) >= 11 is 0. The van der Waals surface area contributed by atoms with Gasteiger partial charge in [-0.25, -0.2) is 0 Å². The molecule has 0 bridgehead atoms. The van der Waals surface area contributed by atoms with E-state index < -0.39 is 0 Å². The Morgan fingerprint density at radius 3 is 1.87 bits per heavy atom. The van der Waals surface area contributed by atoms with Gasteiger partial charge in [-0.05, 0) is 81.6 Å². The van der Waals surface area contributed by atoms with Crippen molar-refractivity contribution < 1.29 is 14.2 Å². The molecule has 0 heterocycles. The van der Waals surface area contributed by atoms with Gasteiger partial charge in [0.25, 0.3) is 0 Å². The first-order valence-corrected chi connectivity index (χ1v) is 11.3. The highest BCUT2D eigenvalue weighted by Crippen LogP contribution is 2.19. The molecular formula is C26H39NO3. The van der Waals surface area contributed by atoms with Gasteiger partial charge in [-0.2, -0.15) is 0 Å². The minimum atomic E-state index is 0.0324. The zero-order valence-corrected chi connectivity index (χ0v) is 19.2. The van der Waals surface area contributed by atoms with Crippen LogP contribution in [0.3, 0.4) is 0 Å². The number of benzene rings is 2. The SMILES string of the molecule is CCCCCCOc1ccc(OCCCNC(C)(C)Cc2ccc(OC)cc2)cc1. The van der Waals surface area contributed by atoms with E-state index in [1.54, 1.807) is 7.11 Å². The highest BCUT2D eigenvalue weighted by molar-refractivity contribution is 5.31. The number of rotatable bonds is 15. The molecule has 2 aromatic rings. The van der Waals surface area contributed by atoms with Gasteiger partial charge in [0.1, 0.15) is 17.2 Å². The summed E-state index contributed by atoms with van der Waals surface area (Å²) in [6.45, 7) is 9.10. The Morgan fingerprint density at radius 1 is 0.733 bits per heavy atom. The molecule has 2 rings (SSSR count). The monoisotopic (exact) mass is 413 g/mol. The minimum Gasteiger partial charge on any atom is -0.497 e. The number of hydrogen-bond donors (Lipinski definition) is 1. The molecule has 0 unspecified atom stereocenters. The van der Waals surface area contributed by atoms with Gasteiger partial charge in [0, 0.05) is 5.54 Å². The third-order valence-electron chi connectivity index (χ3n) is 5.09. The fourth-order valence-corrected chi connectivity index (χ4v) is 3.36. The smallest absolute Gasteiger partial charge is 0.119 e. The molecule has 0 aliphatic heterocycles. The molecule has 30 heavy (non-hydrogen) atoms. The van der Waals surface area contributed by atoms with E-state index in [9.17, 15) is 0 Å². The third-order valence-corrected chi connectivity index (χ3v) is 5.09. The molecule has 4 heteroatoms. The lowest BCUT2D eigenvalue weighted by atomic mass is 9.95. The van der Waals surface area contributed by atoms with E-state index in [1.165, 1.54) is 24.8 Å². The number of unbranched alkanes of at least 4 members (excludes halogenated alkanes) is 3. The van der Waals surface area contributed by atoms with E-state index in [1.807, 2.05) is 36.4 Å². The average Bonchev–Trinajstić information content (AvgIpc) is 2.74. The van der Waals surface area contributed by atoms with Crippen molar-refractivity contribution in [3.8, 4) is 17.2 Å². The summed E-state index contributed by atoms with van der Waals surface area (Å²) in [6.07, 6.45) is 6.82. The highest BCUT2D eigenvalue weighted by atomic mass is 16.5. The minimum absolute atomic E-state index is 0.0324. The maximum Gasteiger partial charge on any atom is 0.119 e. The number of hydrogen-bond acceptors (Lipinski definition) is 4. The van der Waals surface area contributed by atoms with Crippen molar-refractivity contribution in [2.24, 2.45) is 0 Å². The van der Waals surface area contributed by atoms with Crippen molar-refractivity contribution in [1.29, 1.82) is 0 Å². The summed E-state index contributed by atoms with van der Waals surface area (Å²) in [5.74, 6) is 2.71. The second kappa shape index (κ2) is 13.2. The molecule has 0 radical (unpaired) electrons. The Bertz CT molecular complexity index is 695. The van der Waals surface area contributed by atoms with Gasteiger partial charge in [-0.3, -0.25) is 0 Å². The van der Waals surface area contributed by atoms with E-state index in [0.29, 0.717) is 6.61 Å². The fraction of sp³-hybridized carbons (Fsp3) is 0.538. The quantitative estimate of drug-likeness (QED) is 0.362. The Labute approximate surface area is 182 Å². The zero-order chi connectivity index (χ0) is 21.7. The van der Waals surface area contributed by atoms with Crippen LogP contribution in [0, 0.1) is 0 Å². The molecule has 0 aliphatic carbocycles. The maximum absolute atomic E-state index is 5.87. The molecule has 0 aromatic heterocycles. The second-order valence-electron chi connectivity index (χ2n) is 8.42. The summed E-state index contributed by atoms with van der Waals surface area (Å²) < 4.78 is 16.9. The molecular weight excluding hydrogens is 374 g/mol. The van der Waals surface area contributed by atoms with Gasteiger partial charge in [0.15, 0.2) is 0 Å². The first kappa shape index (κ1) is 24.1. The van der Waals surface area contributed by atoms with Gasteiger partial charge in [-0.15, -0.1) is 0 Å². The second-order valence-corrected chi connectivity index (χ2v) is 8.42. The number of nitrogens with one attached hydrogen (secondary N) is 1. The van der Waals surface area contributed by atoms with Crippen molar-refractivity contribution in [2.75, 3.05) is 26.9 Å². The van der Waals surface area contributed by atoms with Gasteiger partial charge < -0.3 is 19.5 Å². The van der Waals surface area contributed by atoms with Crippen LogP contribution in [0.1, 0.15) is 58.4 Å². The molecule has 0 saturated heterocycles. The molecule has 0 saturated carbocycles. The lowest BCUT2D eigenvalue weighted by molar-refractivity contribution is 0.290. The van der Waals surface area contributed by atoms with E-state index in [-0.39, 0.29) is 5.54 Å². The summed E-state index contributed by atoms with van der Waals surface area (Å²) in [7, 11) is 1.69. The van der Waals surface area contributed by atoms with Crippen LogP contribution in [0.2, 0.25) is 0 Å². The topological polar surface area (TPSA) is 39.7 Å². The van der Waals surface area contributed by atoms with Crippen molar-refractivity contribution in [3.63, 3.8) is 0 Å².